The van der Waals surface area contributed by atoms with Gasteiger partial charge in [-0.05, 0) is 35.4 Å². The molecule has 1 atom stereocenters. The van der Waals surface area contributed by atoms with Gasteiger partial charge in [0.1, 0.15) is 11.6 Å². The Balaban J connectivity index is 1.46. The van der Waals surface area contributed by atoms with Crippen molar-refractivity contribution in [2.75, 3.05) is 6.54 Å². The highest BCUT2D eigenvalue weighted by Crippen LogP contribution is 2.22. The third-order valence-corrected chi connectivity index (χ3v) is 3.92. The summed E-state index contributed by atoms with van der Waals surface area (Å²) in [6, 6.07) is 16.4. The third kappa shape index (κ3) is 4.70. The molecule has 2 amide bonds. The van der Waals surface area contributed by atoms with Crippen molar-refractivity contribution in [3.05, 3.63) is 83.9 Å². The Kier molecular flexibility index (Phi) is 5.66. The minimum atomic E-state index is -0.822. The Bertz CT molecular complexity index is 831. The summed E-state index contributed by atoms with van der Waals surface area (Å²) in [4.78, 5) is 11.8. The molecule has 3 aromatic rings. The van der Waals surface area contributed by atoms with Crippen molar-refractivity contribution in [1.82, 2.24) is 10.6 Å². The predicted molar refractivity (Wildman–Crippen MR) is 95.7 cm³/mol. The van der Waals surface area contributed by atoms with E-state index in [0.717, 1.165) is 16.9 Å². The molecule has 6 heteroatoms. The Hall–Kier alpha value is -3.12. The molecule has 0 spiro atoms. The van der Waals surface area contributed by atoms with Gasteiger partial charge in [0, 0.05) is 18.7 Å². The average Bonchev–Trinajstić information content (AvgIpc) is 3.20. The van der Waals surface area contributed by atoms with E-state index in [4.69, 9.17) is 4.42 Å². The molecule has 0 bridgehead atoms. The summed E-state index contributed by atoms with van der Waals surface area (Å²) in [5, 5.41) is 15.5. The molecule has 0 fully saturated rings. The van der Waals surface area contributed by atoms with Crippen molar-refractivity contribution in [3.63, 3.8) is 0 Å². The van der Waals surface area contributed by atoms with E-state index in [-0.39, 0.29) is 18.9 Å². The van der Waals surface area contributed by atoms with Crippen molar-refractivity contribution in [2.24, 2.45) is 0 Å². The first-order valence-corrected chi connectivity index (χ1v) is 8.20. The lowest BCUT2D eigenvalue weighted by atomic mass is 10.1. The first-order chi connectivity index (χ1) is 12.6. The molecule has 0 unspecified atom stereocenters. The van der Waals surface area contributed by atoms with Crippen molar-refractivity contribution in [3.8, 4) is 11.3 Å². The molecule has 0 aliphatic carbocycles. The van der Waals surface area contributed by atoms with Gasteiger partial charge in [0.15, 0.2) is 0 Å². The fourth-order valence-electron chi connectivity index (χ4n) is 2.47. The zero-order valence-corrected chi connectivity index (χ0v) is 14.0. The number of aliphatic hydroxyl groups excluding tert-OH is 1. The molecule has 1 heterocycles. The van der Waals surface area contributed by atoms with Gasteiger partial charge in [-0.1, -0.05) is 36.4 Å². The van der Waals surface area contributed by atoms with Crippen molar-refractivity contribution in [2.45, 2.75) is 12.6 Å². The second-order valence-electron chi connectivity index (χ2n) is 5.81. The van der Waals surface area contributed by atoms with Crippen LogP contribution in [0.3, 0.4) is 0 Å². The van der Waals surface area contributed by atoms with Crippen LogP contribution in [-0.2, 0) is 6.54 Å². The lowest BCUT2D eigenvalue weighted by Crippen LogP contribution is -2.37. The maximum absolute atomic E-state index is 12.8. The van der Waals surface area contributed by atoms with Crippen LogP contribution >= 0.6 is 0 Å². The second-order valence-corrected chi connectivity index (χ2v) is 5.81. The van der Waals surface area contributed by atoms with Gasteiger partial charge in [0.2, 0.25) is 0 Å². The highest BCUT2D eigenvalue weighted by molar-refractivity contribution is 5.73. The number of benzene rings is 2. The maximum Gasteiger partial charge on any atom is 0.315 e. The van der Waals surface area contributed by atoms with Crippen LogP contribution in [0.5, 0.6) is 0 Å². The molecule has 1 aromatic heterocycles. The van der Waals surface area contributed by atoms with E-state index in [9.17, 15) is 14.3 Å². The van der Waals surface area contributed by atoms with E-state index in [1.165, 1.54) is 12.1 Å². The molecule has 0 aliphatic rings. The number of hydrogen-bond donors (Lipinski definition) is 3. The second kappa shape index (κ2) is 8.31. The van der Waals surface area contributed by atoms with Gasteiger partial charge < -0.3 is 20.2 Å². The van der Waals surface area contributed by atoms with Gasteiger partial charge in [-0.2, -0.15) is 0 Å². The van der Waals surface area contributed by atoms with Gasteiger partial charge in [0.05, 0.1) is 12.4 Å². The van der Waals surface area contributed by atoms with Gasteiger partial charge >= 0.3 is 6.03 Å². The summed E-state index contributed by atoms with van der Waals surface area (Å²) in [5.74, 6) is 0.434. The molecule has 0 radical (unpaired) electrons. The van der Waals surface area contributed by atoms with E-state index in [1.807, 2.05) is 24.3 Å². The standard InChI is InChI=1S/C20H19FN2O3/c21-17-9-3-14(4-10-17)12-22-20(25)23-13-18(24)15-5-7-16(8-6-15)19-2-1-11-26-19/h1-11,18,24H,12-13H2,(H2,22,23,25)/t18-/m1/s1. The zero-order valence-electron chi connectivity index (χ0n) is 14.0. The Morgan fingerprint density at radius 1 is 1.04 bits per heavy atom. The van der Waals surface area contributed by atoms with Crippen LogP contribution in [0.4, 0.5) is 9.18 Å². The number of furan rings is 1. The quantitative estimate of drug-likeness (QED) is 0.633. The summed E-state index contributed by atoms with van der Waals surface area (Å²) >= 11 is 0. The lowest BCUT2D eigenvalue weighted by Gasteiger charge is -2.13. The Morgan fingerprint density at radius 3 is 2.42 bits per heavy atom. The fraction of sp³-hybridized carbons (Fsp3) is 0.150. The molecule has 3 rings (SSSR count). The molecule has 0 saturated carbocycles. The smallest absolute Gasteiger partial charge is 0.315 e. The van der Waals surface area contributed by atoms with Crippen LogP contribution < -0.4 is 10.6 Å². The average molecular weight is 354 g/mol. The summed E-state index contributed by atoms with van der Waals surface area (Å²) in [6.07, 6.45) is 0.782. The number of hydrogen-bond acceptors (Lipinski definition) is 3. The number of urea groups is 1. The van der Waals surface area contributed by atoms with Gasteiger partial charge in [-0.25, -0.2) is 9.18 Å². The van der Waals surface area contributed by atoms with E-state index >= 15 is 0 Å². The third-order valence-electron chi connectivity index (χ3n) is 3.92. The first-order valence-electron chi connectivity index (χ1n) is 8.20. The highest BCUT2D eigenvalue weighted by atomic mass is 19.1. The summed E-state index contributed by atoms with van der Waals surface area (Å²) < 4.78 is 18.1. The van der Waals surface area contributed by atoms with Crippen LogP contribution in [0.1, 0.15) is 17.2 Å². The van der Waals surface area contributed by atoms with Crippen molar-refractivity contribution < 1.29 is 18.7 Å². The predicted octanol–water partition coefficient (Wildman–Crippen LogP) is 3.62. The van der Waals surface area contributed by atoms with E-state index < -0.39 is 12.1 Å². The van der Waals surface area contributed by atoms with Crippen LogP contribution in [0.25, 0.3) is 11.3 Å². The summed E-state index contributed by atoms with van der Waals surface area (Å²) in [7, 11) is 0. The number of aliphatic hydroxyl groups is 1. The SMILES string of the molecule is O=C(NCc1ccc(F)cc1)NC[C@@H](O)c1ccc(-c2ccco2)cc1. The lowest BCUT2D eigenvalue weighted by molar-refractivity contribution is 0.173. The number of carbonyl (C=O) groups is 1. The highest BCUT2D eigenvalue weighted by Gasteiger charge is 2.10. The van der Waals surface area contributed by atoms with Crippen LogP contribution in [0.2, 0.25) is 0 Å². The largest absolute Gasteiger partial charge is 0.464 e. The van der Waals surface area contributed by atoms with Gasteiger partial charge in [-0.15, -0.1) is 0 Å². The molecule has 134 valence electrons. The molecular formula is C20H19FN2O3. The normalized spacial score (nSPS) is 11.8. The molecule has 0 aliphatic heterocycles. The number of nitrogens with one attached hydrogen (secondary N) is 2. The monoisotopic (exact) mass is 354 g/mol. The number of halogens is 1. The number of carbonyl (C=O) groups excluding carboxylic acids is 1. The molecule has 5 nitrogen and oxygen atoms in total. The Morgan fingerprint density at radius 2 is 1.77 bits per heavy atom. The minimum Gasteiger partial charge on any atom is -0.464 e. The van der Waals surface area contributed by atoms with Crippen LogP contribution in [-0.4, -0.2) is 17.7 Å². The molecular weight excluding hydrogens is 335 g/mol. The van der Waals surface area contributed by atoms with Gasteiger partial charge in [0.25, 0.3) is 0 Å². The fourth-order valence-corrected chi connectivity index (χ4v) is 2.47. The first kappa shape index (κ1) is 17.7. The summed E-state index contributed by atoms with van der Waals surface area (Å²) in [5.41, 5.74) is 2.39. The Labute approximate surface area is 150 Å². The molecule has 2 aromatic carbocycles. The molecule has 0 saturated heterocycles. The molecule has 3 N–H and O–H groups in total. The van der Waals surface area contributed by atoms with E-state index in [1.54, 1.807) is 30.5 Å². The summed E-state index contributed by atoms with van der Waals surface area (Å²) in [6.45, 7) is 0.357. The van der Waals surface area contributed by atoms with Crippen LogP contribution in [0, 0.1) is 5.82 Å². The van der Waals surface area contributed by atoms with Crippen LogP contribution in [0.15, 0.2) is 71.3 Å². The van der Waals surface area contributed by atoms with E-state index in [0.29, 0.717) is 5.56 Å². The minimum absolute atomic E-state index is 0.0787. The van der Waals surface area contributed by atoms with Gasteiger partial charge in [-0.3, -0.25) is 0 Å². The van der Waals surface area contributed by atoms with Crippen molar-refractivity contribution in [1.29, 1.82) is 0 Å². The number of rotatable bonds is 6. The maximum atomic E-state index is 12.8. The van der Waals surface area contributed by atoms with E-state index in [2.05, 4.69) is 10.6 Å². The number of amides is 2. The van der Waals surface area contributed by atoms with Crippen molar-refractivity contribution >= 4 is 6.03 Å². The topological polar surface area (TPSA) is 74.5 Å². The molecule has 26 heavy (non-hydrogen) atoms. The zero-order chi connectivity index (χ0) is 18.4.